The van der Waals surface area contributed by atoms with Crippen LogP contribution in [0.3, 0.4) is 0 Å². The Morgan fingerprint density at radius 2 is 2.23 bits per heavy atom. The van der Waals surface area contributed by atoms with Crippen molar-refractivity contribution in [3.63, 3.8) is 0 Å². The zero-order valence-corrected chi connectivity index (χ0v) is 8.17. The summed E-state index contributed by atoms with van der Waals surface area (Å²) < 4.78 is 0. The maximum Gasteiger partial charge on any atom is 0.0598 e. The van der Waals surface area contributed by atoms with Gasteiger partial charge in [0.05, 0.1) is 6.10 Å². The van der Waals surface area contributed by atoms with Gasteiger partial charge in [-0.15, -0.1) is 0 Å². The average Bonchev–Trinajstić information content (AvgIpc) is 2.02. The zero-order chi connectivity index (χ0) is 9.42. The SMILES string of the molecule is Cc1cc(C)c2c(n1)CC(O)CC2. The number of hydrogen-bond donors (Lipinski definition) is 1. The van der Waals surface area contributed by atoms with Crippen molar-refractivity contribution in [3.8, 4) is 0 Å². The Balaban J connectivity index is 2.47. The first-order valence-electron chi connectivity index (χ1n) is 4.81. The van der Waals surface area contributed by atoms with Gasteiger partial charge >= 0.3 is 0 Å². The molecule has 2 rings (SSSR count). The summed E-state index contributed by atoms with van der Waals surface area (Å²) in [6.07, 6.45) is 2.42. The fraction of sp³-hybridized carbons (Fsp3) is 0.545. The van der Waals surface area contributed by atoms with Crippen LogP contribution in [0, 0.1) is 13.8 Å². The molecule has 0 aromatic carbocycles. The van der Waals surface area contributed by atoms with Crippen molar-refractivity contribution in [3.05, 3.63) is 28.6 Å². The van der Waals surface area contributed by atoms with Gasteiger partial charge in [-0.1, -0.05) is 0 Å². The number of hydrogen-bond acceptors (Lipinski definition) is 2. The molecule has 0 bridgehead atoms. The highest BCUT2D eigenvalue weighted by Crippen LogP contribution is 2.23. The molecule has 0 fully saturated rings. The third kappa shape index (κ3) is 1.59. The lowest BCUT2D eigenvalue weighted by molar-refractivity contribution is 0.157. The molecule has 1 unspecified atom stereocenters. The van der Waals surface area contributed by atoms with Crippen LogP contribution in [0.1, 0.15) is 28.9 Å². The van der Waals surface area contributed by atoms with E-state index in [1.807, 2.05) is 6.92 Å². The minimum Gasteiger partial charge on any atom is -0.393 e. The molecule has 1 aromatic heterocycles. The van der Waals surface area contributed by atoms with Gasteiger partial charge in [0.2, 0.25) is 0 Å². The van der Waals surface area contributed by atoms with Crippen molar-refractivity contribution in [2.45, 2.75) is 39.2 Å². The molecular formula is C11H15NO. The summed E-state index contributed by atoms with van der Waals surface area (Å²) in [7, 11) is 0. The molecule has 1 aliphatic rings. The first kappa shape index (κ1) is 8.70. The molecule has 0 saturated heterocycles. The van der Waals surface area contributed by atoms with Crippen LogP contribution in [0.4, 0.5) is 0 Å². The van der Waals surface area contributed by atoms with E-state index >= 15 is 0 Å². The lowest BCUT2D eigenvalue weighted by Crippen LogP contribution is -2.21. The van der Waals surface area contributed by atoms with Gasteiger partial charge in [-0.2, -0.15) is 0 Å². The molecule has 1 heterocycles. The molecule has 1 atom stereocenters. The molecule has 0 aliphatic heterocycles. The quantitative estimate of drug-likeness (QED) is 0.652. The van der Waals surface area contributed by atoms with E-state index in [1.165, 1.54) is 11.1 Å². The topological polar surface area (TPSA) is 33.1 Å². The minimum absolute atomic E-state index is 0.179. The maximum atomic E-state index is 9.50. The molecule has 0 amide bonds. The molecule has 1 N–H and O–H groups in total. The van der Waals surface area contributed by atoms with Crippen LogP contribution in [0.15, 0.2) is 6.07 Å². The molecule has 1 aliphatic carbocycles. The Morgan fingerprint density at radius 3 is 3.00 bits per heavy atom. The normalized spacial score (nSPS) is 21.3. The molecule has 2 heteroatoms. The summed E-state index contributed by atoms with van der Waals surface area (Å²) in [6.45, 7) is 4.14. The number of aliphatic hydroxyl groups is 1. The Labute approximate surface area is 78.6 Å². The standard InChI is InChI=1S/C11H15NO/c1-7-5-8(2)12-11-6-9(13)3-4-10(7)11/h5,9,13H,3-4,6H2,1-2H3. The number of rotatable bonds is 0. The van der Waals surface area contributed by atoms with E-state index in [0.29, 0.717) is 0 Å². The van der Waals surface area contributed by atoms with Gasteiger partial charge in [0, 0.05) is 17.8 Å². The highest BCUT2D eigenvalue weighted by atomic mass is 16.3. The van der Waals surface area contributed by atoms with Crippen molar-refractivity contribution in [2.75, 3.05) is 0 Å². The van der Waals surface area contributed by atoms with E-state index in [4.69, 9.17) is 0 Å². The molecule has 1 aromatic rings. The third-order valence-electron chi connectivity index (χ3n) is 2.72. The van der Waals surface area contributed by atoms with Gasteiger partial charge in [-0.25, -0.2) is 0 Å². The van der Waals surface area contributed by atoms with E-state index < -0.39 is 0 Å². The van der Waals surface area contributed by atoms with Gasteiger partial charge in [-0.3, -0.25) is 4.98 Å². The summed E-state index contributed by atoms with van der Waals surface area (Å²) >= 11 is 0. The van der Waals surface area contributed by atoms with Crippen LogP contribution < -0.4 is 0 Å². The fourth-order valence-electron chi connectivity index (χ4n) is 2.09. The van der Waals surface area contributed by atoms with E-state index in [9.17, 15) is 5.11 Å². The van der Waals surface area contributed by atoms with Crippen LogP contribution in [0.5, 0.6) is 0 Å². The number of fused-ring (bicyclic) bond motifs is 1. The predicted octanol–water partition coefficient (Wildman–Crippen LogP) is 1.55. The molecular weight excluding hydrogens is 162 g/mol. The van der Waals surface area contributed by atoms with E-state index in [-0.39, 0.29) is 6.10 Å². The average molecular weight is 177 g/mol. The second kappa shape index (κ2) is 3.11. The maximum absolute atomic E-state index is 9.50. The Hall–Kier alpha value is -0.890. The van der Waals surface area contributed by atoms with Crippen molar-refractivity contribution in [1.82, 2.24) is 4.98 Å². The second-order valence-corrected chi connectivity index (χ2v) is 3.90. The van der Waals surface area contributed by atoms with E-state index in [1.54, 1.807) is 0 Å². The predicted molar refractivity (Wildman–Crippen MR) is 51.7 cm³/mol. The van der Waals surface area contributed by atoms with Crippen LogP contribution in [0.25, 0.3) is 0 Å². The minimum atomic E-state index is -0.179. The fourth-order valence-corrected chi connectivity index (χ4v) is 2.09. The number of aryl methyl sites for hydroxylation is 2. The van der Waals surface area contributed by atoms with Crippen molar-refractivity contribution < 1.29 is 5.11 Å². The number of aliphatic hydroxyl groups excluding tert-OH is 1. The van der Waals surface area contributed by atoms with Crippen LogP contribution >= 0.6 is 0 Å². The van der Waals surface area contributed by atoms with Gasteiger partial charge in [0.1, 0.15) is 0 Å². The van der Waals surface area contributed by atoms with Crippen molar-refractivity contribution >= 4 is 0 Å². The van der Waals surface area contributed by atoms with Crippen molar-refractivity contribution in [1.29, 1.82) is 0 Å². The molecule has 0 saturated carbocycles. The van der Waals surface area contributed by atoms with Gasteiger partial charge in [-0.05, 0) is 43.9 Å². The largest absolute Gasteiger partial charge is 0.393 e. The van der Waals surface area contributed by atoms with E-state index in [0.717, 1.165) is 30.7 Å². The number of aromatic nitrogens is 1. The lowest BCUT2D eigenvalue weighted by Gasteiger charge is -2.21. The van der Waals surface area contributed by atoms with Gasteiger partial charge < -0.3 is 5.11 Å². The zero-order valence-electron chi connectivity index (χ0n) is 8.17. The molecule has 0 spiro atoms. The molecule has 0 radical (unpaired) electrons. The summed E-state index contributed by atoms with van der Waals surface area (Å²) in [5.74, 6) is 0. The third-order valence-corrected chi connectivity index (χ3v) is 2.72. The Kier molecular flexibility index (Phi) is 2.08. The summed E-state index contributed by atoms with van der Waals surface area (Å²) in [4.78, 5) is 4.46. The smallest absolute Gasteiger partial charge is 0.0598 e. The first-order chi connectivity index (χ1) is 6.16. The molecule has 13 heavy (non-hydrogen) atoms. The molecule has 70 valence electrons. The monoisotopic (exact) mass is 177 g/mol. The first-order valence-corrected chi connectivity index (χ1v) is 4.81. The Bertz CT molecular complexity index is 333. The van der Waals surface area contributed by atoms with Gasteiger partial charge in [0.15, 0.2) is 0 Å². The van der Waals surface area contributed by atoms with Crippen molar-refractivity contribution in [2.24, 2.45) is 0 Å². The second-order valence-electron chi connectivity index (χ2n) is 3.90. The summed E-state index contributed by atoms with van der Waals surface area (Å²) in [5, 5.41) is 9.50. The summed E-state index contributed by atoms with van der Waals surface area (Å²) in [6, 6.07) is 2.12. The lowest BCUT2D eigenvalue weighted by atomic mass is 9.90. The summed E-state index contributed by atoms with van der Waals surface area (Å²) in [5.41, 5.74) is 4.85. The van der Waals surface area contributed by atoms with E-state index in [2.05, 4.69) is 18.0 Å². The Morgan fingerprint density at radius 1 is 1.46 bits per heavy atom. The van der Waals surface area contributed by atoms with Crippen LogP contribution in [-0.4, -0.2) is 16.2 Å². The van der Waals surface area contributed by atoms with Crippen LogP contribution in [-0.2, 0) is 12.8 Å². The highest BCUT2D eigenvalue weighted by Gasteiger charge is 2.19. The molecule has 2 nitrogen and oxygen atoms in total. The van der Waals surface area contributed by atoms with Gasteiger partial charge in [0.25, 0.3) is 0 Å². The number of nitrogens with zero attached hydrogens (tertiary/aromatic N) is 1. The number of pyridine rings is 1. The van der Waals surface area contributed by atoms with Crippen LogP contribution in [0.2, 0.25) is 0 Å². The highest BCUT2D eigenvalue weighted by molar-refractivity contribution is 5.33.